The fourth-order valence-electron chi connectivity index (χ4n) is 2.42. The Hall–Kier alpha value is -1.89. The molecule has 0 aliphatic rings. The van der Waals surface area contributed by atoms with E-state index in [1.54, 1.807) is 11.4 Å². The third-order valence-electron chi connectivity index (χ3n) is 3.54. The lowest BCUT2D eigenvalue weighted by molar-refractivity contribution is -0.121. The van der Waals surface area contributed by atoms with Crippen molar-refractivity contribution in [3.8, 4) is 0 Å². The van der Waals surface area contributed by atoms with Crippen molar-refractivity contribution < 1.29 is 4.79 Å². The molecule has 126 valence electrons. The first-order valence-electron chi connectivity index (χ1n) is 7.93. The highest BCUT2D eigenvalue weighted by Crippen LogP contribution is 2.15. The molecule has 2 aromatic heterocycles. The monoisotopic (exact) mass is 337 g/mol. The highest BCUT2D eigenvalue weighted by molar-refractivity contribution is 7.17. The average Bonchev–Trinajstić information content (AvgIpc) is 2.97. The molecule has 0 radical (unpaired) electrons. The van der Waals surface area contributed by atoms with E-state index in [1.165, 1.54) is 20.5 Å². The quantitative estimate of drug-likeness (QED) is 0.783. The molecule has 0 bridgehead atoms. The Kier molecular flexibility index (Phi) is 5.76. The molecule has 2 aromatic rings. The van der Waals surface area contributed by atoms with Gasteiger partial charge in [0.05, 0.1) is 5.52 Å². The summed E-state index contributed by atoms with van der Waals surface area (Å²) < 4.78 is 3.16. The Morgan fingerprint density at radius 2 is 2.04 bits per heavy atom. The van der Waals surface area contributed by atoms with Crippen molar-refractivity contribution in [3.05, 3.63) is 32.3 Å². The van der Waals surface area contributed by atoms with Crippen LogP contribution in [0, 0.1) is 5.92 Å². The molecule has 0 fully saturated rings. The molecule has 0 aliphatic heterocycles. The normalized spacial score (nSPS) is 11.3. The number of carbonyl (C=O) groups is 1. The minimum absolute atomic E-state index is 0.0614. The van der Waals surface area contributed by atoms with Gasteiger partial charge in [-0.15, -0.1) is 11.3 Å². The number of rotatable bonds is 7. The van der Waals surface area contributed by atoms with Gasteiger partial charge in [0.25, 0.3) is 5.56 Å². The van der Waals surface area contributed by atoms with Crippen LogP contribution in [0.25, 0.3) is 10.2 Å². The van der Waals surface area contributed by atoms with E-state index in [0.717, 1.165) is 12.8 Å². The van der Waals surface area contributed by atoms with E-state index in [4.69, 9.17) is 0 Å². The molecule has 1 N–H and O–H groups in total. The second kappa shape index (κ2) is 7.59. The van der Waals surface area contributed by atoms with Gasteiger partial charge in [-0.3, -0.25) is 18.7 Å². The largest absolute Gasteiger partial charge is 0.355 e. The first kappa shape index (κ1) is 17.5. The minimum atomic E-state index is -0.416. The maximum Gasteiger partial charge on any atom is 0.332 e. The van der Waals surface area contributed by atoms with Crippen molar-refractivity contribution in [2.24, 2.45) is 5.92 Å². The van der Waals surface area contributed by atoms with Crippen LogP contribution in [-0.4, -0.2) is 21.6 Å². The molecule has 0 atom stereocenters. The molecule has 1 amide bonds. The number of carbonyl (C=O) groups excluding carboxylic acids is 1. The van der Waals surface area contributed by atoms with Crippen molar-refractivity contribution in [2.45, 2.75) is 46.7 Å². The van der Waals surface area contributed by atoms with Crippen LogP contribution < -0.4 is 16.6 Å². The van der Waals surface area contributed by atoms with Crippen LogP contribution in [0.1, 0.15) is 33.6 Å². The summed E-state index contributed by atoms with van der Waals surface area (Å²) in [4.78, 5) is 37.2. The van der Waals surface area contributed by atoms with Gasteiger partial charge in [0.2, 0.25) is 5.91 Å². The van der Waals surface area contributed by atoms with Crippen LogP contribution in [0.3, 0.4) is 0 Å². The molecule has 23 heavy (non-hydrogen) atoms. The molecule has 0 saturated carbocycles. The second-order valence-corrected chi connectivity index (χ2v) is 6.93. The van der Waals surface area contributed by atoms with E-state index < -0.39 is 5.69 Å². The minimum Gasteiger partial charge on any atom is -0.355 e. The molecule has 2 heterocycles. The second-order valence-electron chi connectivity index (χ2n) is 6.02. The lowest BCUT2D eigenvalue weighted by Gasteiger charge is -2.13. The molecular formula is C16H23N3O3S. The zero-order valence-corrected chi connectivity index (χ0v) is 14.6. The Morgan fingerprint density at radius 3 is 2.70 bits per heavy atom. The van der Waals surface area contributed by atoms with Crippen LogP contribution in [0.15, 0.2) is 21.0 Å². The van der Waals surface area contributed by atoms with Gasteiger partial charge in [-0.1, -0.05) is 27.2 Å². The maximum absolute atomic E-state index is 12.7. The average molecular weight is 337 g/mol. The van der Waals surface area contributed by atoms with Crippen molar-refractivity contribution in [2.75, 3.05) is 6.54 Å². The van der Waals surface area contributed by atoms with Gasteiger partial charge in [-0.25, -0.2) is 4.79 Å². The molecule has 6 nitrogen and oxygen atoms in total. The van der Waals surface area contributed by atoms with E-state index in [1.807, 2.05) is 20.8 Å². The number of thiophene rings is 1. The SMILES string of the molecule is CCCCNC(=O)Cn1c(=O)n(CC(C)C)c(=O)c2sccc21. The molecule has 0 saturated heterocycles. The third-order valence-corrected chi connectivity index (χ3v) is 4.43. The third kappa shape index (κ3) is 3.90. The summed E-state index contributed by atoms with van der Waals surface area (Å²) >= 11 is 1.30. The first-order valence-corrected chi connectivity index (χ1v) is 8.81. The molecular weight excluding hydrogens is 314 g/mol. The number of aromatic nitrogens is 2. The highest BCUT2D eigenvalue weighted by Gasteiger charge is 2.16. The Labute approximate surface area is 138 Å². The van der Waals surface area contributed by atoms with Gasteiger partial charge in [-0.05, 0) is 23.8 Å². The maximum atomic E-state index is 12.7. The van der Waals surface area contributed by atoms with Crippen LogP contribution >= 0.6 is 11.3 Å². The number of fused-ring (bicyclic) bond motifs is 1. The number of nitrogens with one attached hydrogen (secondary N) is 1. The fourth-order valence-corrected chi connectivity index (χ4v) is 3.26. The Bertz CT molecular complexity index is 801. The lowest BCUT2D eigenvalue weighted by Crippen LogP contribution is -2.43. The molecule has 2 rings (SSSR count). The first-order chi connectivity index (χ1) is 11.0. The molecule has 0 unspecified atom stereocenters. The van der Waals surface area contributed by atoms with Crippen molar-refractivity contribution in [3.63, 3.8) is 0 Å². The Morgan fingerprint density at radius 1 is 1.30 bits per heavy atom. The van der Waals surface area contributed by atoms with Gasteiger partial charge < -0.3 is 5.32 Å². The Balaban J connectivity index is 2.42. The molecule has 0 aromatic carbocycles. The van der Waals surface area contributed by atoms with Gasteiger partial charge in [0, 0.05) is 13.1 Å². The molecule has 7 heteroatoms. The summed E-state index contributed by atoms with van der Waals surface area (Å²) in [5.41, 5.74) is -0.146. The van der Waals surface area contributed by atoms with Crippen molar-refractivity contribution in [1.29, 1.82) is 0 Å². The van der Waals surface area contributed by atoms with E-state index in [9.17, 15) is 14.4 Å². The summed E-state index contributed by atoms with van der Waals surface area (Å²) in [7, 11) is 0. The smallest absolute Gasteiger partial charge is 0.332 e. The van der Waals surface area contributed by atoms with Crippen molar-refractivity contribution in [1.82, 2.24) is 14.5 Å². The predicted octanol–water partition coefficient (Wildman–Crippen LogP) is 1.80. The zero-order chi connectivity index (χ0) is 17.0. The van der Waals surface area contributed by atoms with Crippen LogP contribution in [0.4, 0.5) is 0 Å². The summed E-state index contributed by atoms with van der Waals surface area (Å²) in [6.45, 7) is 6.84. The zero-order valence-electron chi connectivity index (χ0n) is 13.8. The summed E-state index contributed by atoms with van der Waals surface area (Å²) in [6, 6.07) is 1.72. The van der Waals surface area contributed by atoms with E-state index >= 15 is 0 Å². The number of unbranched alkanes of at least 4 members (excludes halogenated alkanes) is 1. The summed E-state index contributed by atoms with van der Waals surface area (Å²) in [5, 5.41) is 4.58. The predicted molar refractivity (Wildman–Crippen MR) is 93.1 cm³/mol. The van der Waals surface area contributed by atoms with Crippen LogP contribution in [0.5, 0.6) is 0 Å². The highest BCUT2D eigenvalue weighted by atomic mass is 32.1. The standard InChI is InChI=1S/C16H23N3O3S/c1-4-5-7-17-13(20)10-18-12-6-8-23-14(12)15(21)19(16(18)22)9-11(2)3/h6,8,11H,4-5,7,9-10H2,1-3H3,(H,17,20). The number of amides is 1. The van der Waals surface area contributed by atoms with E-state index in [-0.39, 0.29) is 23.9 Å². The van der Waals surface area contributed by atoms with Gasteiger partial charge in [-0.2, -0.15) is 0 Å². The number of hydrogen-bond acceptors (Lipinski definition) is 4. The van der Waals surface area contributed by atoms with Gasteiger partial charge in [0.1, 0.15) is 11.2 Å². The van der Waals surface area contributed by atoms with Crippen LogP contribution in [0.2, 0.25) is 0 Å². The lowest BCUT2D eigenvalue weighted by atomic mass is 10.2. The number of hydrogen-bond donors (Lipinski definition) is 1. The number of nitrogens with zero attached hydrogens (tertiary/aromatic N) is 2. The summed E-state index contributed by atoms with van der Waals surface area (Å²) in [5.74, 6) is -0.0348. The summed E-state index contributed by atoms with van der Waals surface area (Å²) in [6.07, 6.45) is 1.90. The molecule has 0 spiro atoms. The topological polar surface area (TPSA) is 73.1 Å². The van der Waals surface area contributed by atoms with Crippen molar-refractivity contribution >= 4 is 27.5 Å². The van der Waals surface area contributed by atoms with E-state index in [0.29, 0.717) is 23.3 Å². The fraction of sp³-hybridized carbons (Fsp3) is 0.562. The molecule has 0 aliphatic carbocycles. The van der Waals surface area contributed by atoms with Gasteiger partial charge >= 0.3 is 5.69 Å². The van der Waals surface area contributed by atoms with E-state index in [2.05, 4.69) is 5.32 Å². The van der Waals surface area contributed by atoms with Gasteiger partial charge in [0.15, 0.2) is 0 Å². The van der Waals surface area contributed by atoms with Crippen LogP contribution in [-0.2, 0) is 17.9 Å².